The van der Waals surface area contributed by atoms with Gasteiger partial charge in [0.2, 0.25) is 0 Å². The van der Waals surface area contributed by atoms with Gasteiger partial charge in [0.25, 0.3) is 0 Å². The average molecular weight is 292 g/mol. The predicted molar refractivity (Wildman–Crippen MR) is 75.9 cm³/mol. The number of benzene rings is 1. The SMILES string of the molecule is COCCCNCC(C)Oc1cc(Cl)ccc1Cl. The molecule has 1 rings (SSSR count). The normalized spacial score (nSPS) is 12.4. The van der Waals surface area contributed by atoms with Crippen molar-refractivity contribution in [3.05, 3.63) is 28.2 Å². The maximum Gasteiger partial charge on any atom is 0.139 e. The van der Waals surface area contributed by atoms with E-state index < -0.39 is 0 Å². The summed E-state index contributed by atoms with van der Waals surface area (Å²) < 4.78 is 10.7. The molecule has 3 nitrogen and oxygen atoms in total. The van der Waals surface area contributed by atoms with E-state index in [0.717, 1.165) is 26.1 Å². The van der Waals surface area contributed by atoms with Crippen LogP contribution in [-0.2, 0) is 4.74 Å². The Bertz CT molecular complexity index is 361. The van der Waals surface area contributed by atoms with Crippen LogP contribution in [0.1, 0.15) is 13.3 Å². The van der Waals surface area contributed by atoms with Crippen molar-refractivity contribution in [3.8, 4) is 5.75 Å². The fraction of sp³-hybridized carbons (Fsp3) is 0.538. The third-order valence-corrected chi connectivity index (χ3v) is 2.90. The first-order valence-corrected chi connectivity index (χ1v) is 6.70. The van der Waals surface area contributed by atoms with Crippen molar-refractivity contribution in [2.75, 3.05) is 26.8 Å². The molecular formula is C13H19Cl2NO2. The lowest BCUT2D eigenvalue weighted by atomic mass is 10.3. The number of nitrogens with one attached hydrogen (secondary N) is 1. The number of rotatable bonds is 8. The Morgan fingerprint density at radius 3 is 2.83 bits per heavy atom. The molecule has 1 aromatic carbocycles. The molecule has 102 valence electrons. The van der Waals surface area contributed by atoms with E-state index in [4.69, 9.17) is 32.7 Å². The van der Waals surface area contributed by atoms with Gasteiger partial charge in [-0.25, -0.2) is 0 Å². The molecule has 0 aliphatic carbocycles. The molecule has 0 aromatic heterocycles. The van der Waals surface area contributed by atoms with Crippen molar-refractivity contribution in [1.82, 2.24) is 5.32 Å². The van der Waals surface area contributed by atoms with Crippen molar-refractivity contribution in [1.29, 1.82) is 0 Å². The van der Waals surface area contributed by atoms with Crippen LogP contribution in [0.3, 0.4) is 0 Å². The number of hydrogen-bond acceptors (Lipinski definition) is 3. The first kappa shape index (κ1) is 15.6. The Morgan fingerprint density at radius 2 is 2.11 bits per heavy atom. The second-order valence-electron chi connectivity index (χ2n) is 4.05. The van der Waals surface area contributed by atoms with Crippen molar-refractivity contribution < 1.29 is 9.47 Å². The molecule has 0 aliphatic rings. The number of methoxy groups -OCH3 is 1. The van der Waals surface area contributed by atoms with Gasteiger partial charge in [0.05, 0.1) is 5.02 Å². The van der Waals surface area contributed by atoms with E-state index in [1.165, 1.54) is 0 Å². The molecule has 0 heterocycles. The highest BCUT2D eigenvalue weighted by molar-refractivity contribution is 6.34. The molecule has 1 atom stereocenters. The minimum atomic E-state index is 0.0310. The van der Waals surface area contributed by atoms with Gasteiger partial charge in [-0.05, 0) is 32.0 Å². The van der Waals surface area contributed by atoms with Crippen LogP contribution in [0, 0.1) is 0 Å². The maximum absolute atomic E-state index is 6.02. The van der Waals surface area contributed by atoms with Crippen LogP contribution < -0.4 is 10.1 Å². The lowest BCUT2D eigenvalue weighted by molar-refractivity contribution is 0.188. The van der Waals surface area contributed by atoms with Crippen LogP contribution in [-0.4, -0.2) is 32.9 Å². The van der Waals surface area contributed by atoms with Crippen LogP contribution in [0.4, 0.5) is 0 Å². The zero-order valence-electron chi connectivity index (χ0n) is 10.7. The van der Waals surface area contributed by atoms with Crippen molar-refractivity contribution in [2.45, 2.75) is 19.4 Å². The molecule has 0 radical (unpaired) electrons. The van der Waals surface area contributed by atoms with Gasteiger partial charge in [-0.15, -0.1) is 0 Å². The molecule has 0 fully saturated rings. The molecule has 0 saturated heterocycles. The van der Waals surface area contributed by atoms with E-state index in [-0.39, 0.29) is 6.10 Å². The average Bonchev–Trinajstić information content (AvgIpc) is 2.33. The van der Waals surface area contributed by atoms with Gasteiger partial charge in [-0.3, -0.25) is 0 Å². The Morgan fingerprint density at radius 1 is 1.33 bits per heavy atom. The smallest absolute Gasteiger partial charge is 0.139 e. The van der Waals surface area contributed by atoms with Gasteiger partial charge in [-0.1, -0.05) is 23.2 Å². The molecule has 0 amide bonds. The van der Waals surface area contributed by atoms with Gasteiger partial charge in [-0.2, -0.15) is 0 Å². The number of ether oxygens (including phenoxy) is 2. The Labute approximate surface area is 118 Å². The molecule has 0 saturated carbocycles. The van der Waals surface area contributed by atoms with Gasteiger partial charge in [0.1, 0.15) is 11.9 Å². The largest absolute Gasteiger partial charge is 0.488 e. The van der Waals surface area contributed by atoms with Crippen molar-refractivity contribution >= 4 is 23.2 Å². The Balaban J connectivity index is 2.30. The lowest BCUT2D eigenvalue weighted by Gasteiger charge is -2.16. The summed E-state index contributed by atoms with van der Waals surface area (Å²) in [6.07, 6.45) is 1.02. The summed E-state index contributed by atoms with van der Waals surface area (Å²) in [7, 11) is 1.70. The van der Waals surface area contributed by atoms with Gasteiger partial charge in [0.15, 0.2) is 0 Å². The maximum atomic E-state index is 6.02. The quantitative estimate of drug-likeness (QED) is 0.745. The standard InChI is InChI=1S/C13H19Cl2NO2/c1-10(9-16-6-3-7-17-2)18-13-8-11(14)4-5-12(13)15/h4-5,8,10,16H,3,6-7,9H2,1-2H3. The summed E-state index contributed by atoms with van der Waals surface area (Å²) in [5.41, 5.74) is 0. The first-order chi connectivity index (χ1) is 8.63. The van der Waals surface area contributed by atoms with Gasteiger partial charge >= 0.3 is 0 Å². The van der Waals surface area contributed by atoms with Crippen LogP contribution in [0.5, 0.6) is 5.75 Å². The Kier molecular flexibility index (Phi) is 7.44. The molecule has 0 spiro atoms. The molecule has 1 aromatic rings. The molecule has 0 aliphatic heterocycles. The summed E-state index contributed by atoms with van der Waals surface area (Å²) in [5.74, 6) is 0.621. The summed E-state index contributed by atoms with van der Waals surface area (Å²) in [6.45, 7) is 4.42. The fourth-order valence-electron chi connectivity index (χ4n) is 1.47. The fourth-order valence-corrected chi connectivity index (χ4v) is 1.80. The second-order valence-corrected chi connectivity index (χ2v) is 4.90. The minimum absolute atomic E-state index is 0.0310. The molecule has 1 N–H and O–H groups in total. The summed E-state index contributed by atoms with van der Waals surface area (Å²) in [5, 5.41) is 4.49. The molecule has 5 heteroatoms. The summed E-state index contributed by atoms with van der Waals surface area (Å²) in [4.78, 5) is 0. The number of hydrogen-bond donors (Lipinski definition) is 1. The first-order valence-electron chi connectivity index (χ1n) is 5.95. The van der Waals surface area contributed by atoms with E-state index in [9.17, 15) is 0 Å². The summed E-state index contributed by atoms with van der Waals surface area (Å²) in [6, 6.07) is 5.20. The number of halogens is 2. The van der Waals surface area contributed by atoms with Gasteiger partial charge < -0.3 is 14.8 Å². The zero-order chi connectivity index (χ0) is 13.4. The minimum Gasteiger partial charge on any atom is -0.488 e. The van der Waals surface area contributed by atoms with Crippen LogP contribution in [0.25, 0.3) is 0 Å². The molecule has 1 unspecified atom stereocenters. The Hall–Kier alpha value is -0.480. The van der Waals surface area contributed by atoms with Crippen LogP contribution in [0.2, 0.25) is 10.0 Å². The van der Waals surface area contributed by atoms with E-state index >= 15 is 0 Å². The van der Waals surface area contributed by atoms with Crippen LogP contribution in [0.15, 0.2) is 18.2 Å². The monoisotopic (exact) mass is 291 g/mol. The zero-order valence-corrected chi connectivity index (χ0v) is 12.2. The lowest BCUT2D eigenvalue weighted by Crippen LogP contribution is -2.30. The van der Waals surface area contributed by atoms with Gasteiger partial charge in [0, 0.05) is 31.4 Å². The van der Waals surface area contributed by atoms with E-state index in [2.05, 4.69) is 5.32 Å². The predicted octanol–water partition coefficient (Wildman–Crippen LogP) is 3.39. The highest BCUT2D eigenvalue weighted by Crippen LogP contribution is 2.28. The second kappa shape index (κ2) is 8.59. The van der Waals surface area contributed by atoms with Crippen LogP contribution >= 0.6 is 23.2 Å². The topological polar surface area (TPSA) is 30.5 Å². The highest BCUT2D eigenvalue weighted by atomic mass is 35.5. The molecule has 0 bridgehead atoms. The molecule has 18 heavy (non-hydrogen) atoms. The van der Waals surface area contributed by atoms with Crippen molar-refractivity contribution in [3.63, 3.8) is 0 Å². The molecular weight excluding hydrogens is 273 g/mol. The highest BCUT2D eigenvalue weighted by Gasteiger charge is 2.07. The summed E-state index contributed by atoms with van der Waals surface area (Å²) >= 11 is 11.9. The van der Waals surface area contributed by atoms with E-state index in [0.29, 0.717) is 15.8 Å². The van der Waals surface area contributed by atoms with E-state index in [1.54, 1.807) is 25.3 Å². The van der Waals surface area contributed by atoms with Crippen molar-refractivity contribution in [2.24, 2.45) is 0 Å². The third-order valence-electron chi connectivity index (χ3n) is 2.36. The van der Waals surface area contributed by atoms with E-state index in [1.807, 2.05) is 6.92 Å². The third kappa shape index (κ3) is 5.91.